The molecule has 0 unspecified atom stereocenters. The molecule has 0 atom stereocenters. The zero-order valence-electron chi connectivity index (χ0n) is 14.5. The van der Waals surface area contributed by atoms with Gasteiger partial charge in [0.25, 0.3) is 0 Å². The van der Waals surface area contributed by atoms with Gasteiger partial charge in [0, 0.05) is 22.6 Å². The van der Waals surface area contributed by atoms with Gasteiger partial charge in [0.05, 0.1) is 16.8 Å². The SMILES string of the molecule is Oc1ccc(C=NNc2nc(-c3ccccc3Cl)nc3ccccc23)c(O)c1. The van der Waals surface area contributed by atoms with Crippen LogP contribution in [0.25, 0.3) is 22.3 Å². The third kappa shape index (κ3) is 3.58. The molecule has 1 heterocycles. The maximum Gasteiger partial charge on any atom is 0.163 e. The number of hydrazone groups is 1. The third-order valence-corrected chi connectivity index (χ3v) is 4.44. The first-order chi connectivity index (χ1) is 13.6. The predicted molar refractivity (Wildman–Crippen MR) is 111 cm³/mol. The molecule has 3 aromatic carbocycles. The van der Waals surface area contributed by atoms with E-state index < -0.39 is 0 Å². The van der Waals surface area contributed by atoms with Crippen LogP contribution in [0.4, 0.5) is 5.82 Å². The van der Waals surface area contributed by atoms with Gasteiger partial charge in [0.15, 0.2) is 11.6 Å². The van der Waals surface area contributed by atoms with Crippen LogP contribution in [0.1, 0.15) is 5.56 Å². The fraction of sp³-hybridized carbons (Fsp3) is 0. The monoisotopic (exact) mass is 390 g/mol. The second-order valence-electron chi connectivity index (χ2n) is 6.01. The van der Waals surface area contributed by atoms with Crippen molar-refractivity contribution in [3.63, 3.8) is 0 Å². The lowest BCUT2D eigenvalue weighted by Gasteiger charge is -2.09. The molecule has 138 valence electrons. The molecule has 0 aliphatic rings. The maximum atomic E-state index is 9.86. The number of nitrogens with zero attached hydrogens (tertiary/aromatic N) is 3. The van der Waals surface area contributed by atoms with Crippen molar-refractivity contribution in [1.29, 1.82) is 0 Å². The molecule has 0 amide bonds. The van der Waals surface area contributed by atoms with Gasteiger partial charge in [-0.2, -0.15) is 5.10 Å². The Bertz CT molecular complexity index is 1190. The number of phenols is 2. The Balaban J connectivity index is 1.73. The Labute approximate surface area is 165 Å². The minimum absolute atomic E-state index is 0.0196. The Hall–Kier alpha value is -3.64. The zero-order valence-corrected chi connectivity index (χ0v) is 15.3. The molecule has 3 N–H and O–H groups in total. The molecule has 0 aliphatic heterocycles. The maximum absolute atomic E-state index is 9.86. The number of anilines is 1. The lowest BCUT2D eigenvalue weighted by atomic mass is 10.2. The number of para-hydroxylation sites is 1. The highest BCUT2D eigenvalue weighted by Crippen LogP contribution is 2.29. The molecule has 4 aromatic rings. The van der Waals surface area contributed by atoms with Gasteiger partial charge < -0.3 is 10.2 Å². The largest absolute Gasteiger partial charge is 0.508 e. The highest BCUT2D eigenvalue weighted by atomic mass is 35.5. The van der Waals surface area contributed by atoms with E-state index in [1.54, 1.807) is 12.1 Å². The minimum atomic E-state index is -0.0742. The van der Waals surface area contributed by atoms with E-state index in [0.717, 1.165) is 16.5 Å². The zero-order chi connectivity index (χ0) is 19.5. The van der Waals surface area contributed by atoms with E-state index in [1.165, 1.54) is 18.3 Å². The van der Waals surface area contributed by atoms with Crippen LogP contribution in [-0.2, 0) is 0 Å². The van der Waals surface area contributed by atoms with E-state index in [0.29, 0.717) is 22.2 Å². The van der Waals surface area contributed by atoms with E-state index >= 15 is 0 Å². The molecule has 28 heavy (non-hydrogen) atoms. The fourth-order valence-corrected chi connectivity index (χ4v) is 2.95. The Kier molecular flexibility index (Phi) is 4.78. The first-order valence-electron chi connectivity index (χ1n) is 8.44. The predicted octanol–water partition coefficient (Wildman–Crippen LogP) is 4.81. The first kappa shape index (κ1) is 17.8. The molecular weight excluding hydrogens is 376 g/mol. The molecule has 6 nitrogen and oxygen atoms in total. The van der Waals surface area contributed by atoms with Gasteiger partial charge in [-0.1, -0.05) is 35.9 Å². The molecule has 0 aliphatic carbocycles. The number of fused-ring (bicyclic) bond motifs is 1. The summed E-state index contributed by atoms with van der Waals surface area (Å²) >= 11 is 6.30. The lowest BCUT2D eigenvalue weighted by Crippen LogP contribution is -1.99. The van der Waals surface area contributed by atoms with Crippen LogP contribution in [0.2, 0.25) is 5.02 Å². The van der Waals surface area contributed by atoms with Crippen molar-refractivity contribution in [2.24, 2.45) is 5.10 Å². The van der Waals surface area contributed by atoms with Crippen LogP contribution in [0.3, 0.4) is 0 Å². The number of aromatic hydroxyl groups is 2. The standard InChI is InChI=1S/C21H15ClN4O2/c22-17-7-3-1-5-15(17)20-24-18-8-4-2-6-16(18)21(25-20)26-23-12-13-9-10-14(27)11-19(13)28/h1-12,27-28H,(H,24,25,26). The van der Waals surface area contributed by atoms with Crippen molar-refractivity contribution in [3.8, 4) is 22.9 Å². The molecular formula is C21H15ClN4O2. The van der Waals surface area contributed by atoms with E-state index in [1.807, 2.05) is 42.5 Å². The summed E-state index contributed by atoms with van der Waals surface area (Å²) in [5.74, 6) is 0.896. The smallest absolute Gasteiger partial charge is 0.163 e. The fourth-order valence-electron chi connectivity index (χ4n) is 2.73. The van der Waals surface area contributed by atoms with Gasteiger partial charge in [0.1, 0.15) is 11.5 Å². The molecule has 0 fully saturated rings. The molecule has 0 spiro atoms. The second-order valence-corrected chi connectivity index (χ2v) is 6.41. The van der Waals surface area contributed by atoms with Gasteiger partial charge in [0.2, 0.25) is 0 Å². The number of nitrogens with one attached hydrogen (secondary N) is 1. The summed E-state index contributed by atoms with van der Waals surface area (Å²) in [5.41, 5.74) is 4.83. The van der Waals surface area contributed by atoms with Gasteiger partial charge in [-0.15, -0.1) is 0 Å². The molecule has 0 bridgehead atoms. The average molecular weight is 391 g/mol. The quantitative estimate of drug-likeness (QED) is 0.343. The van der Waals surface area contributed by atoms with Crippen molar-refractivity contribution < 1.29 is 10.2 Å². The van der Waals surface area contributed by atoms with E-state index in [9.17, 15) is 10.2 Å². The number of hydrogen-bond donors (Lipinski definition) is 3. The van der Waals surface area contributed by atoms with Crippen LogP contribution in [0.15, 0.2) is 71.8 Å². The van der Waals surface area contributed by atoms with Gasteiger partial charge >= 0.3 is 0 Å². The van der Waals surface area contributed by atoms with Gasteiger partial charge in [-0.05, 0) is 36.4 Å². The summed E-state index contributed by atoms with van der Waals surface area (Å²) in [7, 11) is 0. The van der Waals surface area contributed by atoms with Crippen molar-refractivity contribution in [3.05, 3.63) is 77.3 Å². The first-order valence-corrected chi connectivity index (χ1v) is 8.82. The summed E-state index contributed by atoms with van der Waals surface area (Å²) in [6, 6.07) is 19.2. The molecule has 0 saturated carbocycles. The van der Waals surface area contributed by atoms with E-state index in [2.05, 4.69) is 20.5 Å². The van der Waals surface area contributed by atoms with Gasteiger partial charge in [-0.25, -0.2) is 9.97 Å². The van der Waals surface area contributed by atoms with Crippen LogP contribution < -0.4 is 5.43 Å². The number of halogens is 1. The second kappa shape index (κ2) is 7.54. The number of benzene rings is 3. The molecule has 0 radical (unpaired) electrons. The number of hydrogen-bond acceptors (Lipinski definition) is 6. The normalized spacial score (nSPS) is 11.2. The summed E-state index contributed by atoms with van der Waals surface area (Å²) in [5, 5.41) is 24.8. The molecule has 0 saturated heterocycles. The summed E-state index contributed by atoms with van der Waals surface area (Å²) in [4.78, 5) is 9.18. The van der Waals surface area contributed by atoms with Crippen LogP contribution >= 0.6 is 11.6 Å². The topological polar surface area (TPSA) is 90.6 Å². The van der Waals surface area contributed by atoms with E-state index in [-0.39, 0.29) is 11.5 Å². The molecule has 7 heteroatoms. The van der Waals surface area contributed by atoms with Crippen molar-refractivity contribution in [2.75, 3.05) is 5.43 Å². The number of aromatic nitrogens is 2. The summed E-state index contributed by atoms with van der Waals surface area (Å²) in [6.07, 6.45) is 1.45. The van der Waals surface area contributed by atoms with Crippen LogP contribution in [-0.4, -0.2) is 26.4 Å². The number of rotatable bonds is 4. The van der Waals surface area contributed by atoms with E-state index in [4.69, 9.17) is 11.6 Å². The summed E-state index contributed by atoms with van der Waals surface area (Å²) < 4.78 is 0. The lowest BCUT2D eigenvalue weighted by molar-refractivity contribution is 0.450. The van der Waals surface area contributed by atoms with Crippen LogP contribution in [0.5, 0.6) is 11.5 Å². The van der Waals surface area contributed by atoms with Crippen molar-refractivity contribution in [1.82, 2.24) is 9.97 Å². The highest BCUT2D eigenvalue weighted by Gasteiger charge is 2.11. The Morgan fingerprint density at radius 2 is 1.71 bits per heavy atom. The minimum Gasteiger partial charge on any atom is -0.508 e. The van der Waals surface area contributed by atoms with Gasteiger partial charge in [-0.3, -0.25) is 5.43 Å². The summed E-state index contributed by atoms with van der Waals surface area (Å²) in [6.45, 7) is 0. The van der Waals surface area contributed by atoms with Crippen molar-refractivity contribution >= 4 is 34.5 Å². The molecule has 1 aromatic heterocycles. The van der Waals surface area contributed by atoms with Crippen molar-refractivity contribution in [2.45, 2.75) is 0 Å². The Morgan fingerprint density at radius 3 is 2.54 bits per heavy atom. The highest BCUT2D eigenvalue weighted by molar-refractivity contribution is 6.33. The number of phenolic OH excluding ortho intramolecular Hbond substituents is 2. The average Bonchev–Trinajstić information content (AvgIpc) is 2.70. The van der Waals surface area contributed by atoms with Crippen LogP contribution in [0, 0.1) is 0 Å². The third-order valence-electron chi connectivity index (χ3n) is 4.11. The molecule has 4 rings (SSSR count). The Morgan fingerprint density at radius 1 is 0.929 bits per heavy atom.